The number of benzene rings is 3. The van der Waals surface area contributed by atoms with E-state index in [1.54, 1.807) is 44.5 Å². The van der Waals surface area contributed by atoms with E-state index in [1.165, 1.54) is 36.6 Å². The lowest BCUT2D eigenvalue weighted by atomic mass is 9.98. The second kappa shape index (κ2) is 24.2. The summed E-state index contributed by atoms with van der Waals surface area (Å²) in [5.74, 6) is 1.56. The molecule has 1 aromatic heterocycles. The highest BCUT2D eigenvalue weighted by molar-refractivity contribution is 7.91. The lowest BCUT2D eigenvalue weighted by Crippen LogP contribution is -2.30. The minimum atomic E-state index is -3.58. The largest absolute Gasteiger partial charge is 0.507 e. The third-order valence-corrected chi connectivity index (χ3v) is 14.9. The summed E-state index contributed by atoms with van der Waals surface area (Å²) in [5.41, 5.74) is 3.73. The third-order valence-electron chi connectivity index (χ3n) is 9.48. The maximum atomic E-state index is 12.2. The van der Waals surface area contributed by atoms with Crippen LogP contribution in [-0.4, -0.2) is 110 Å². The average Bonchev–Trinajstić information content (AvgIpc) is 3.58. The Kier molecular flexibility index (Phi) is 21.6. The number of non-ortho nitro benzene ring substituents is 1. The summed E-state index contributed by atoms with van der Waals surface area (Å²) in [6, 6.07) is 14.7. The van der Waals surface area contributed by atoms with Gasteiger partial charge in [0.1, 0.15) is 33.7 Å². The molecule has 0 aliphatic rings. The van der Waals surface area contributed by atoms with E-state index in [2.05, 4.69) is 18.8 Å². The van der Waals surface area contributed by atoms with Crippen molar-refractivity contribution in [3.63, 3.8) is 0 Å². The first-order valence-corrected chi connectivity index (χ1v) is 23.9. The van der Waals surface area contributed by atoms with Crippen LogP contribution >= 0.6 is 11.3 Å². The van der Waals surface area contributed by atoms with Crippen LogP contribution in [0.15, 0.2) is 74.1 Å². The summed E-state index contributed by atoms with van der Waals surface area (Å²) < 4.78 is 50.7. The zero-order valence-corrected chi connectivity index (χ0v) is 41.1. The Bertz CT molecular complexity index is 2330. The quantitative estimate of drug-likeness (QED) is 0.0455. The molecule has 0 saturated heterocycles. The molecular formula is C44H67N5O10S3. The van der Waals surface area contributed by atoms with E-state index in [0.29, 0.717) is 35.9 Å². The molecule has 0 saturated carbocycles. The summed E-state index contributed by atoms with van der Waals surface area (Å²) in [6.07, 6.45) is 0. The highest BCUT2D eigenvalue weighted by atomic mass is 32.2. The maximum absolute atomic E-state index is 12.2. The number of aromatic hydroxyl groups is 4. The molecule has 0 atom stereocenters. The van der Waals surface area contributed by atoms with Gasteiger partial charge < -0.3 is 25.3 Å². The van der Waals surface area contributed by atoms with Crippen LogP contribution in [-0.2, 0) is 20.0 Å². The maximum Gasteiger partial charge on any atom is 0.273 e. The van der Waals surface area contributed by atoms with Gasteiger partial charge in [0.2, 0.25) is 10.0 Å². The highest BCUT2D eigenvalue weighted by Crippen LogP contribution is 2.39. The van der Waals surface area contributed by atoms with Crippen LogP contribution in [0, 0.1) is 10.1 Å². The Hall–Kier alpha value is -4.75. The van der Waals surface area contributed by atoms with Gasteiger partial charge in [0.05, 0.1) is 16.6 Å². The van der Waals surface area contributed by atoms with Gasteiger partial charge in [0, 0.05) is 60.0 Å². The molecule has 346 valence electrons. The zero-order chi connectivity index (χ0) is 48.0. The standard InChI is InChI=1S/C13H20N2O.C11H19NO3S2.C11H17NO3S.C9H11NO3/c1-9(2)10-7-6-8-11(12(10)16)13(14-3)15(4)5;1-5-12(6-2)17(14,15)11-10(13)9(7-16-11)8(3)4;1-8(2)9-6-5-7-10(11(9)13)16(14,15)12(3)4;1-6(2)8-4-3-7(10(12)13)5-9(8)11/h6-9,16H,1-5H3;7-8,13H,5-6H2,1-4H3;5-8,13H,1-4H3;3-6,11H,1-2H3. The summed E-state index contributed by atoms with van der Waals surface area (Å²) >= 11 is 1.09. The van der Waals surface area contributed by atoms with Crippen LogP contribution in [0.3, 0.4) is 0 Å². The van der Waals surface area contributed by atoms with Gasteiger partial charge >= 0.3 is 0 Å². The summed E-state index contributed by atoms with van der Waals surface area (Å²) in [5, 5.41) is 51.6. The van der Waals surface area contributed by atoms with Crippen molar-refractivity contribution < 1.29 is 42.2 Å². The molecule has 1 heterocycles. The minimum absolute atomic E-state index is 0.01000. The van der Waals surface area contributed by atoms with Crippen LogP contribution in [0.2, 0.25) is 0 Å². The molecule has 3 aromatic carbocycles. The van der Waals surface area contributed by atoms with Crippen molar-refractivity contribution in [3.05, 3.63) is 97.9 Å². The number of aliphatic imine (C=N–C) groups is 1. The Morgan fingerprint density at radius 3 is 1.56 bits per heavy atom. The van der Waals surface area contributed by atoms with Crippen molar-refractivity contribution in [3.8, 4) is 23.0 Å². The average molecular weight is 922 g/mol. The number of amidine groups is 1. The van der Waals surface area contributed by atoms with E-state index in [4.69, 9.17) is 0 Å². The minimum Gasteiger partial charge on any atom is -0.507 e. The van der Waals surface area contributed by atoms with Crippen LogP contribution in [0.4, 0.5) is 5.69 Å². The number of hydrogen-bond acceptors (Lipinski definition) is 12. The molecule has 0 bridgehead atoms. The first-order chi connectivity index (χ1) is 28.6. The van der Waals surface area contributed by atoms with Gasteiger partial charge in [-0.25, -0.2) is 21.1 Å². The predicted molar refractivity (Wildman–Crippen MR) is 250 cm³/mol. The number of nitro groups is 1. The predicted octanol–water partition coefficient (Wildman–Crippen LogP) is 9.25. The Labute approximate surface area is 373 Å². The first-order valence-electron chi connectivity index (χ1n) is 20.1. The number of rotatable bonds is 12. The molecule has 4 rings (SSSR count). The van der Waals surface area contributed by atoms with Crippen molar-refractivity contribution in [2.75, 3.05) is 48.3 Å². The Morgan fingerprint density at radius 2 is 1.18 bits per heavy atom. The monoisotopic (exact) mass is 921 g/mol. The molecule has 0 unspecified atom stereocenters. The van der Waals surface area contributed by atoms with Crippen molar-refractivity contribution in [2.45, 2.75) is 102 Å². The van der Waals surface area contributed by atoms with Crippen LogP contribution in [0.1, 0.15) is 121 Å². The molecular weight excluding hydrogens is 855 g/mol. The van der Waals surface area contributed by atoms with Crippen molar-refractivity contribution in [1.29, 1.82) is 0 Å². The number of nitro benzene ring substituents is 1. The number of phenols is 3. The number of thiophene rings is 1. The van der Waals surface area contributed by atoms with E-state index in [0.717, 1.165) is 38.2 Å². The zero-order valence-electron chi connectivity index (χ0n) is 38.7. The number of para-hydroxylation sites is 2. The number of hydrogen-bond donors (Lipinski definition) is 4. The molecule has 18 heteroatoms. The Morgan fingerprint density at radius 1 is 0.694 bits per heavy atom. The topological polar surface area (TPSA) is 214 Å². The second-order valence-corrected chi connectivity index (χ2v) is 20.8. The van der Waals surface area contributed by atoms with Crippen molar-refractivity contribution in [1.82, 2.24) is 13.5 Å². The van der Waals surface area contributed by atoms with Gasteiger partial charge in [-0.3, -0.25) is 15.1 Å². The van der Waals surface area contributed by atoms with Crippen LogP contribution < -0.4 is 0 Å². The van der Waals surface area contributed by atoms with Crippen molar-refractivity contribution >= 4 is 42.9 Å². The molecule has 0 aliphatic carbocycles. The molecule has 0 fully saturated rings. The highest BCUT2D eigenvalue weighted by Gasteiger charge is 2.29. The first kappa shape index (κ1) is 55.3. The lowest BCUT2D eigenvalue weighted by Gasteiger charge is -2.18. The molecule has 62 heavy (non-hydrogen) atoms. The Balaban J connectivity index is 0.000000415. The van der Waals surface area contributed by atoms with Gasteiger partial charge in [0.15, 0.2) is 4.21 Å². The number of phenolic OH excluding ortho intramolecular Hbond substituents is 3. The summed E-state index contributed by atoms with van der Waals surface area (Å²) in [4.78, 5) is 15.9. The molecule has 0 aliphatic heterocycles. The fourth-order valence-corrected chi connectivity index (χ4v) is 10.0. The molecule has 4 N–H and O–H groups in total. The summed E-state index contributed by atoms with van der Waals surface area (Å²) in [6.45, 7) is 20.0. The van der Waals surface area contributed by atoms with E-state index in [9.17, 15) is 47.4 Å². The van der Waals surface area contributed by atoms with Gasteiger partial charge in [-0.1, -0.05) is 93.5 Å². The number of nitrogens with zero attached hydrogens (tertiary/aromatic N) is 5. The number of sulfonamides is 2. The molecule has 0 amide bonds. The van der Waals surface area contributed by atoms with E-state index in [-0.39, 0.29) is 49.8 Å². The SMILES string of the molecule is CC(C)c1ccc([N+](=O)[O-])cc1O.CC(C)c1cccc(S(=O)(=O)N(C)C)c1O.CCN(CC)S(=O)(=O)c1scc(C(C)C)c1O.CN=C(c1cccc(C(C)C)c1O)N(C)C. The fourth-order valence-electron chi connectivity index (χ4n) is 5.93. The molecule has 0 spiro atoms. The van der Waals surface area contributed by atoms with E-state index >= 15 is 0 Å². The van der Waals surface area contributed by atoms with Gasteiger partial charge in [0.25, 0.3) is 15.7 Å². The molecule has 4 aromatic rings. The third kappa shape index (κ3) is 14.1. The van der Waals surface area contributed by atoms with Crippen LogP contribution in [0.5, 0.6) is 23.0 Å². The van der Waals surface area contributed by atoms with Crippen molar-refractivity contribution in [2.24, 2.45) is 4.99 Å². The second-order valence-electron chi connectivity index (χ2n) is 15.7. The fraction of sp³-hybridized carbons (Fsp3) is 0.477. The normalized spacial score (nSPS) is 11.9. The van der Waals surface area contributed by atoms with E-state index in [1.807, 2.05) is 78.7 Å². The van der Waals surface area contributed by atoms with Crippen LogP contribution in [0.25, 0.3) is 0 Å². The van der Waals surface area contributed by atoms with Gasteiger partial charge in [-0.05, 0) is 63.9 Å². The van der Waals surface area contributed by atoms with Gasteiger partial charge in [-0.2, -0.15) is 4.31 Å². The summed E-state index contributed by atoms with van der Waals surface area (Å²) in [7, 11) is 1.33. The van der Waals surface area contributed by atoms with E-state index < -0.39 is 25.0 Å². The molecule has 15 nitrogen and oxygen atoms in total. The van der Waals surface area contributed by atoms with Gasteiger partial charge in [-0.15, -0.1) is 11.3 Å². The smallest absolute Gasteiger partial charge is 0.273 e. The lowest BCUT2D eigenvalue weighted by molar-refractivity contribution is -0.384. The molecule has 0 radical (unpaired) electrons.